The molecule has 394 valence electrons. The van der Waals surface area contributed by atoms with Gasteiger partial charge in [0.2, 0.25) is 11.8 Å². The highest BCUT2D eigenvalue weighted by molar-refractivity contribution is 7.22. The van der Waals surface area contributed by atoms with Crippen molar-refractivity contribution in [3.05, 3.63) is 125 Å². The van der Waals surface area contributed by atoms with Crippen LogP contribution < -0.4 is 25.2 Å². The third-order valence-electron chi connectivity index (χ3n) is 15.9. The van der Waals surface area contributed by atoms with Crippen molar-refractivity contribution in [2.24, 2.45) is 13.0 Å². The van der Waals surface area contributed by atoms with Gasteiger partial charge in [-0.15, -0.1) is 0 Å². The number of ether oxygens (including phenoxy) is 1. The van der Waals surface area contributed by atoms with Gasteiger partial charge in [0.1, 0.15) is 17.6 Å². The van der Waals surface area contributed by atoms with Crippen LogP contribution in [-0.4, -0.2) is 104 Å². The predicted octanol–water partition coefficient (Wildman–Crippen LogP) is 10.1. The maximum absolute atomic E-state index is 14.8. The van der Waals surface area contributed by atoms with Crippen LogP contribution in [0.5, 0.6) is 5.75 Å². The van der Waals surface area contributed by atoms with Crippen molar-refractivity contribution in [2.75, 3.05) is 47.8 Å². The van der Waals surface area contributed by atoms with Crippen molar-refractivity contribution in [3.8, 4) is 16.9 Å². The first-order valence-electron chi connectivity index (χ1n) is 26.0. The molecule has 3 fully saturated rings. The highest BCUT2D eigenvalue weighted by atomic mass is 32.1. The number of piperazine rings is 1. The van der Waals surface area contributed by atoms with Crippen LogP contribution in [0.2, 0.25) is 0 Å². The zero-order valence-electron chi connectivity index (χ0n) is 42.2. The van der Waals surface area contributed by atoms with Gasteiger partial charge in [-0.1, -0.05) is 47.7 Å². The van der Waals surface area contributed by atoms with E-state index in [1.807, 2.05) is 90.7 Å². The van der Waals surface area contributed by atoms with Gasteiger partial charge in [0, 0.05) is 74.9 Å². The third kappa shape index (κ3) is 10.3. The van der Waals surface area contributed by atoms with Crippen LogP contribution in [0.4, 0.5) is 29.8 Å². The molecule has 6 heterocycles. The summed E-state index contributed by atoms with van der Waals surface area (Å²) in [6.45, 7) is 4.25. The van der Waals surface area contributed by atoms with E-state index in [1.165, 1.54) is 11.3 Å². The summed E-state index contributed by atoms with van der Waals surface area (Å²) in [7, 11) is 1.80. The summed E-state index contributed by atoms with van der Waals surface area (Å²) >= 11 is 1.41. The maximum atomic E-state index is 14.8. The maximum Gasteiger partial charge on any atom is 0.404 e. The summed E-state index contributed by atoms with van der Waals surface area (Å²) in [4.78, 5) is 65.9. The van der Waals surface area contributed by atoms with E-state index < -0.39 is 24.1 Å². The highest BCUT2D eigenvalue weighted by Gasteiger charge is 2.44. The second kappa shape index (κ2) is 21.0. The number of piperidine rings is 1. The quantitative estimate of drug-likeness (QED) is 0.0934. The van der Waals surface area contributed by atoms with Gasteiger partial charge < -0.3 is 19.6 Å². The molecule has 2 atom stereocenters. The number of amides is 3. The molecule has 1 aliphatic carbocycles. The molecule has 15 nitrogen and oxygen atoms in total. The van der Waals surface area contributed by atoms with Gasteiger partial charge in [-0.25, -0.2) is 14.8 Å². The molecule has 76 heavy (non-hydrogen) atoms. The molecule has 3 amide bonds. The van der Waals surface area contributed by atoms with Crippen molar-refractivity contribution in [2.45, 2.75) is 95.5 Å². The van der Waals surface area contributed by atoms with E-state index in [1.54, 1.807) is 28.8 Å². The molecule has 19 heteroatoms. The van der Waals surface area contributed by atoms with Gasteiger partial charge >= 0.3 is 12.1 Å². The number of benzene rings is 4. The Balaban J connectivity index is 0.693. The molecule has 0 spiro atoms. The summed E-state index contributed by atoms with van der Waals surface area (Å²) in [6.07, 6.45) is 0.139. The lowest BCUT2D eigenvalue weighted by molar-refractivity contribution is -0.187. The number of anilines is 3. The number of alkyl halides is 3. The average molecular weight is 1050 g/mol. The van der Waals surface area contributed by atoms with E-state index in [4.69, 9.17) is 9.72 Å². The number of thiazole rings is 1. The number of nitrogens with one attached hydrogen (secondary N) is 2. The topological polar surface area (TPSA) is 175 Å². The number of carboxylic acids is 1. The van der Waals surface area contributed by atoms with E-state index in [-0.39, 0.29) is 61.4 Å². The summed E-state index contributed by atoms with van der Waals surface area (Å²) in [5.41, 5.74) is 7.34. The van der Waals surface area contributed by atoms with Gasteiger partial charge in [0.05, 0.1) is 33.4 Å². The number of hydrogen-bond donors (Lipinski definition) is 3. The molecule has 3 N–H and O–H groups in total. The SMILES string of the molecule is Cc1c(OC2CCC(CC[C@@H](N3CCN(c4ccc5c([C@H]6CCC(=O)NC6=O)nn(C)c5c4)CC3)C(F)(F)F)CC2)cccc1-c1ccc(N2CCc3cccc(C(=O)Nc4nc5ccccc5s4)c3C2)nc1C(=O)O. The predicted molar refractivity (Wildman–Crippen MR) is 285 cm³/mol. The third-order valence-corrected chi connectivity index (χ3v) is 16.8. The second-order valence-corrected chi connectivity index (χ2v) is 21.5. The molecule has 0 bridgehead atoms. The lowest BCUT2D eigenvalue weighted by atomic mass is 9.83. The molecular formula is C57H58F3N9O6S. The van der Waals surface area contributed by atoms with Crippen molar-refractivity contribution < 1.29 is 42.2 Å². The normalized spacial score (nSPS) is 19.9. The molecule has 3 aromatic heterocycles. The number of rotatable bonds is 13. The Bertz CT molecular complexity index is 3350. The van der Waals surface area contributed by atoms with E-state index >= 15 is 0 Å². The van der Waals surface area contributed by atoms with Crippen molar-refractivity contribution >= 4 is 72.8 Å². The Morgan fingerprint density at radius 2 is 1.66 bits per heavy atom. The molecule has 4 aromatic carbocycles. The number of pyridine rings is 1. The number of nitrogens with zero attached hydrogens (tertiary/aromatic N) is 7. The first kappa shape index (κ1) is 50.8. The molecule has 4 aliphatic rings. The fourth-order valence-electron chi connectivity index (χ4n) is 11.8. The Hall–Kier alpha value is -7.38. The zero-order valence-corrected chi connectivity index (χ0v) is 43.1. The summed E-state index contributed by atoms with van der Waals surface area (Å²) in [6, 6.07) is 26.8. The van der Waals surface area contributed by atoms with Crippen LogP contribution in [0, 0.1) is 12.8 Å². The number of aromatic nitrogens is 4. The minimum atomic E-state index is -4.37. The molecule has 1 saturated carbocycles. The number of aryl methyl sites for hydroxylation is 1. The summed E-state index contributed by atoms with van der Waals surface area (Å²) in [5.74, 6) is -1.36. The number of imide groups is 1. The van der Waals surface area contributed by atoms with Crippen LogP contribution >= 0.6 is 11.3 Å². The first-order chi connectivity index (χ1) is 36.6. The van der Waals surface area contributed by atoms with Gasteiger partial charge in [-0.2, -0.15) is 18.3 Å². The van der Waals surface area contributed by atoms with Crippen LogP contribution in [0.3, 0.4) is 0 Å². The minimum absolute atomic E-state index is 0.0265. The number of halogens is 3. The molecule has 11 rings (SSSR count). The Kier molecular flexibility index (Phi) is 14.0. The molecule has 2 saturated heterocycles. The smallest absolute Gasteiger partial charge is 0.404 e. The van der Waals surface area contributed by atoms with Crippen LogP contribution in [0.25, 0.3) is 32.2 Å². The Morgan fingerprint density at radius 1 is 0.868 bits per heavy atom. The van der Waals surface area contributed by atoms with Crippen molar-refractivity contribution in [3.63, 3.8) is 0 Å². The van der Waals surface area contributed by atoms with E-state index in [0.717, 1.165) is 56.3 Å². The number of hydrogen-bond acceptors (Lipinski definition) is 12. The largest absolute Gasteiger partial charge is 0.490 e. The number of fused-ring (bicyclic) bond motifs is 3. The van der Waals surface area contributed by atoms with Crippen LogP contribution in [-0.2, 0) is 29.6 Å². The number of carbonyl (C=O) groups is 4. The Labute approximate surface area is 441 Å². The van der Waals surface area contributed by atoms with Crippen LogP contribution in [0.1, 0.15) is 101 Å². The monoisotopic (exact) mass is 1050 g/mol. The summed E-state index contributed by atoms with van der Waals surface area (Å²) < 4.78 is 53.5. The zero-order chi connectivity index (χ0) is 52.8. The minimum Gasteiger partial charge on any atom is -0.490 e. The van der Waals surface area contributed by atoms with Crippen LogP contribution in [0.15, 0.2) is 91.0 Å². The number of para-hydroxylation sites is 1. The fourth-order valence-corrected chi connectivity index (χ4v) is 12.6. The molecule has 0 unspecified atom stereocenters. The van der Waals surface area contributed by atoms with Gasteiger partial charge in [0.25, 0.3) is 5.91 Å². The number of carbonyl (C=O) groups excluding carboxylic acids is 3. The number of aromatic carboxylic acids is 1. The second-order valence-electron chi connectivity index (χ2n) is 20.5. The van der Waals surface area contributed by atoms with Crippen molar-refractivity contribution in [1.29, 1.82) is 0 Å². The molecule has 7 aromatic rings. The van der Waals surface area contributed by atoms with E-state index in [0.29, 0.717) is 97.4 Å². The molecular weight excluding hydrogens is 996 g/mol. The fraction of sp³-hybridized carbons (Fsp3) is 0.386. The van der Waals surface area contributed by atoms with E-state index in [9.17, 15) is 37.5 Å². The average Bonchev–Trinajstić information content (AvgIpc) is 4.01. The lowest BCUT2D eigenvalue weighted by Crippen LogP contribution is -2.55. The van der Waals surface area contributed by atoms with E-state index in [2.05, 4.69) is 25.6 Å². The number of carboxylic acid groups (broad SMARTS) is 1. The lowest BCUT2D eigenvalue weighted by Gasteiger charge is -2.41. The standard InChI is InChI=1S/C57H58F3N9O6S/c1-33-38(39-20-23-49(62-52(39)55(73)74)69-26-25-35-7-5-9-40(43(35)32-69)53(71)64-56-61-44-10-3-4-12-47(44)76-56)8-6-11-46(33)75-37-17-13-34(14-18-37)15-22-48(57(58,59)60)68-29-27-67(28-30-68)36-16-19-41-45(31-36)66(2)65-51(41)42-21-24-50(70)63-54(42)72/h3-12,16,19-20,23,31,34,37,42,48H,13-15,17-18,21-22,24-30,32H2,1-2H3,(H,73,74)(H,61,64,71)(H,63,70,72)/t34?,37?,42-,48-/m1/s1. The Morgan fingerprint density at radius 3 is 2.42 bits per heavy atom. The first-order valence-corrected chi connectivity index (χ1v) is 26.9. The van der Waals surface area contributed by atoms with Gasteiger partial charge in [0.15, 0.2) is 10.8 Å². The van der Waals surface area contributed by atoms with Gasteiger partial charge in [-0.05, 0) is 141 Å². The summed E-state index contributed by atoms with van der Waals surface area (Å²) in [5, 5.41) is 21.9. The molecule has 0 radical (unpaired) electrons. The van der Waals surface area contributed by atoms with Gasteiger partial charge in [-0.3, -0.25) is 34.6 Å². The van der Waals surface area contributed by atoms with Crippen molar-refractivity contribution in [1.82, 2.24) is 30.0 Å². The molecule has 3 aliphatic heterocycles. The highest BCUT2D eigenvalue weighted by Crippen LogP contribution is 2.40.